The van der Waals surface area contributed by atoms with Crippen molar-refractivity contribution in [2.75, 3.05) is 12.3 Å². The molecule has 1 amide bonds. The Morgan fingerprint density at radius 1 is 1.06 bits per heavy atom. The zero-order valence-corrected chi connectivity index (χ0v) is 17.9. The average Bonchev–Trinajstić information content (AvgIpc) is 3.42. The Hall–Kier alpha value is -3.46. The molecule has 8 nitrogen and oxygen atoms in total. The van der Waals surface area contributed by atoms with Crippen LogP contribution in [-0.4, -0.2) is 43.1 Å². The van der Waals surface area contributed by atoms with Gasteiger partial charge in [-0.25, -0.2) is 0 Å². The Labute approximate surface area is 184 Å². The number of rotatable bonds is 9. The number of benzene rings is 2. The summed E-state index contributed by atoms with van der Waals surface area (Å²) in [5.74, 6) is 2.14. The van der Waals surface area contributed by atoms with Crippen LogP contribution >= 0.6 is 11.8 Å². The summed E-state index contributed by atoms with van der Waals surface area (Å²) in [4.78, 5) is 16.5. The molecule has 9 heteroatoms. The van der Waals surface area contributed by atoms with Gasteiger partial charge in [0.1, 0.15) is 0 Å². The molecule has 0 radical (unpaired) electrons. The largest absolute Gasteiger partial charge is 0.355 e. The highest BCUT2D eigenvalue weighted by Gasteiger charge is 2.17. The minimum Gasteiger partial charge on any atom is -0.355 e. The first-order valence-corrected chi connectivity index (χ1v) is 10.9. The van der Waals surface area contributed by atoms with Crippen molar-refractivity contribution in [2.45, 2.75) is 24.9 Å². The molecule has 0 atom stereocenters. The molecular formula is C22H22N6O2S. The van der Waals surface area contributed by atoms with Gasteiger partial charge in [0.2, 0.25) is 11.8 Å². The molecular weight excluding hydrogens is 412 g/mol. The van der Waals surface area contributed by atoms with Crippen LogP contribution in [0.4, 0.5) is 0 Å². The predicted octanol–water partition coefficient (Wildman–Crippen LogP) is 3.47. The third kappa shape index (κ3) is 5.37. The van der Waals surface area contributed by atoms with E-state index in [2.05, 4.69) is 25.7 Å². The first-order valence-electron chi connectivity index (χ1n) is 9.95. The van der Waals surface area contributed by atoms with Crippen LogP contribution < -0.4 is 5.32 Å². The zero-order chi connectivity index (χ0) is 21.5. The Kier molecular flexibility index (Phi) is 6.73. The van der Waals surface area contributed by atoms with Crippen molar-refractivity contribution in [3.63, 3.8) is 0 Å². The summed E-state index contributed by atoms with van der Waals surface area (Å²) < 4.78 is 7.05. The topological polar surface area (TPSA) is 98.7 Å². The normalized spacial score (nSPS) is 10.9. The maximum Gasteiger partial charge on any atom is 0.230 e. The first-order chi connectivity index (χ1) is 15.2. The van der Waals surface area contributed by atoms with Gasteiger partial charge in [0.25, 0.3) is 0 Å². The van der Waals surface area contributed by atoms with Crippen molar-refractivity contribution in [1.82, 2.24) is 30.2 Å². The van der Waals surface area contributed by atoms with E-state index in [1.165, 1.54) is 11.8 Å². The Morgan fingerprint density at radius 3 is 2.52 bits per heavy atom. The van der Waals surface area contributed by atoms with Gasteiger partial charge in [0.05, 0.1) is 5.75 Å². The molecule has 0 fully saturated rings. The summed E-state index contributed by atoms with van der Waals surface area (Å²) in [5, 5.41) is 16.1. The van der Waals surface area contributed by atoms with Gasteiger partial charge in [-0.3, -0.25) is 9.36 Å². The summed E-state index contributed by atoms with van der Waals surface area (Å²) in [7, 11) is 0. The lowest BCUT2D eigenvalue weighted by Gasteiger charge is -2.10. The maximum absolute atomic E-state index is 12.3. The smallest absolute Gasteiger partial charge is 0.230 e. The van der Waals surface area contributed by atoms with E-state index in [4.69, 9.17) is 4.52 Å². The molecule has 0 unspecified atom stereocenters. The van der Waals surface area contributed by atoms with Crippen molar-refractivity contribution in [3.05, 3.63) is 72.4 Å². The van der Waals surface area contributed by atoms with E-state index in [-0.39, 0.29) is 11.7 Å². The van der Waals surface area contributed by atoms with Gasteiger partial charge in [-0.2, -0.15) is 4.98 Å². The molecule has 1 N–H and O–H groups in total. The summed E-state index contributed by atoms with van der Waals surface area (Å²) >= 11 is 1.36. The molecule has 4 rings (SSSR count). The minimum atomic E-state index is -0.0596. The number of amides is 1. The van der Waals surface area contributed by atoms with Crippen LogP contribution in [0.15, 0.2) is 70.3 Å². The lowest BCUT2D eigenvalue weighted by molar-refractivity contribution is -0.118. The molecule has 0 spiro atoms. The van der Waals surface area contributed by atoms with E-state index >= 15 is 0 Å². The van der Waals surface area contributed by atoms with Crippen molar-refractivity contribution >= 4 is 17.7 Å². The number of carbonyl (C=O) groups excluding carboxylic acids is 1. The molecule has 2 aromatic carbocycles. The Bertz CT molecular complexity index is 1130. The predicted molar refractivity (Wildman–Crippen MR) is 118 cm³/mol. The highest BCUT2D eigenvalue weighted by atomic mass is 32.2. The molecule has 0 saturated carbocycles. The molecule has 4 aromatic rings. The number of hydrogen-bond donors (Lipinski definition) is 1. The van der Waals surface area contributed by atoms with Crippen LogP contribution in [0.2, 0.25) is 0 Å². The number of carbonyl (C=O) groups is 1. The second-order valence-electron chi connectivity index (χ2n) is 6.82. The van der Waals surface area contributed by atoms with E-state index < -0.39 is 0 Å². The summed E-state index contributed by atoms with van der Waals surface area (Å²) in [6.07, 6.45) is 1.37. The average molecular weight is 435 g/mol. The molecule has 0 aliphatic rings. The van der Waals surface area contributed by atoms with Gasteiger partial charge in [-0.15, -0.1) is 10.2 Å². The second-order valence-corrected chi connectivity index (χ2v) is 7.76. The van der Waals surface area contributed by atoms with E-state index in [1.807, 2.05) is 65.2 Å². The number of aryl methyl sites for hydroxylation is 2. The van der Waals surface area contributed by atoms with E-state index in [1.54, 1.807) is 6.92 Å². The van der Waals surface area contributed by atoms with Gasteiger partial charge in [0, 0.05) is 24.2 Å². The highest BCUT2D eigenvalue weighted by molar-refractivity contribution is 7.99. The van der Waals surface area contributed by atoms with Crippen molar-refractivity contribution < 1.29 is 9.32 Å². The number of nitrogens with one attached hydrogen (secondary N) is 1. The van der Waals surface area contributed by atoms with Crippen molar-refractivity contribution in [1.29, 1.82) is 0 Å². The van der Waals surface area contributed by atoms with Gasteiger partial charge < -0.3 is 9.84 Å². The van der Waals surface area contributed by atoms with Gasteiger partial charge in [-0.1, -0.05) is 65.4 Å². The molecule has 2 aromatic heterocycles. The Morgan fingerprint density at radius 2 is 1.81 bits per heavy atom. The second kappa shape index (κ2) is 10.0. The number of hydrogen-bond acceptors (Lipinski definition) is 7. The van der Waals surface area contributed by atoms with Crippen LogP contribution in [0.5, 0.6) is 0 Å². The summed E-state index contributed by atoms with van der Waals surface area (Å²) in [6.45, 7) is 2.32. The minimum absolute atomic E-state index is 0.0596. The Balaban J connectivity index is 1.39. The molecule has 0 aliphatic carbocycles. The molecule has 0 bridgehead atoms. The summed E-state index contributed by atoms with van der Waals surface area (Å²) in [5.41, 5.74) is 1.91. The number of para-hydroxylation sites is 1. The molecule has 0 aliphatic heterocycles. The van der Waals surface area contributed by atoms with Crippen LogP contribution in [-0.2, 0) is 11.2 Å². The van der Waals surface area contributed by atoms with Crippen LogP contribution in [0.1, 0.15) is 18.1 Å². The van der Waals surface area contributed by atoms with Gasteiger partial charge >= 0.3 is 0 Å². The molecule has 0 saturated heterocycles. The van der Waals surface area contributed by atoms with Gasteiger partial charge in [-0.05, 0) is 25.5 Å². The fraction of sp³-hybridized carbons (Fsp3) is 0.227. The number of aromatic nitrogens is 5. The van der Waals surface area contributed by atoms with Crippen LogP contribution in [0.25, 0.3) is 17.1 Å². The van der Waals surface area contributed by atoms with E-state index in [0.717, 1.165) is 23.5 Å². The van der Waals surface area contributed by atoms with Crippen LogP contribution in [0, 0.1) is 6.92 Å². The van der Waals surface area contributed by atoms with E-state index in [9.17, 15) is 4.79 Å². The third-order valence-corrected chi connectivity index (χ3v) is 5.40. The lowest BCUT2D eigenvalue weighted by Crippen LogP contribution is -2.26. The molecule has 158 valence electrons. The SMILES string of the molecule is Cc1noc(CCCNC(=O)CSc2nnc(-c3ccccc3)n2-c2ccccc2)n1. The first kappa shape index (κ1) is 20.8. The van der Waals surface area contributed by atoms with E-state index in [0.29, 0.717) is 29.8 Å². The maximum atomic E-state index is 12.3. The fourth-order valence-corrected chi connectivity index (χ4v) is 3.82. The summed E-state index contributed by atoms with van der Waals surface area (Å²) in [6, 6.07) is 19.8. The molecule has 31 heavy (non-hydrogen) atoms. The molecule has 2 heterocycles. The standard InChI is InChI=1S/C22H22N6O2S/c1-16-24-20(30-27-16)13-8-14-23-19(29)15-31-22-26-25-21(17-9-4-2-5-10-17)28(22)18-11-6-3-7-12-18/h2-7,9-12H,8,13-15H2,1H3,(H,23,29). The number of nitrogens with zero attached hydrogens (tertiary/aromatic N) is 5. The number of thioether (sulfide) groups is 1. The monoisotopic (exact) mass is 434 g/mol. The fourth-order valence-electron chi connectivity index (χ4n) is 3.04. The third-order valence-electron chi connectivity index (χ3n) is 4.47. The van der Waals surface area contributed by atoms with Crippen molar-refractivity contribution in [2.24, 2.45) is 0 Å². The van der Waals surface area contributed by atoms with Gasteiger partial charge in [0.15, 0.2) is 16.8 Å². The lowest BCUT2D eigenvalue weighted by atomic mass is 10.2. The van der Waals surface area contributed by atoms with Crippen molar-refractivity contribution in [3.8, 4) is 17.1 Å². The quantitative estimate of drug-likeness (QED) is 0.318. The van der Waals surface area contributed by atoms with Crippen LogP contribution in [0.3, 0.4) is 0 Å². The highest BCUT2D eigenvalue weighted by Crippen LogP contribution is 2.27. The zero-order valence-electron chi connectivity index (χ0n) is 17.1.